The van der Waals surface area contributed by atoms with Gasteiger partial charge in [-0.05, 0) is 97.5 Å². The number of benzene rings is 1. The zero-order chi connectivity index (χ0) is 31.9. The molecule has 15 heteroatoms. The van der Waals surface area contributed by atoms with E-state index in [2.05, 4.69) is 0 Å². The molecule has 1 aromatic carbocycles. The van der Waals surface area contributed by atoms with E-state index in [1.807, 2.05) is 0 Å². The summed E-state index contributed by atoms with van der Waals surface area (Å²) in [6.07, 6.45) is -6.58. The molecule has 2 nitrogen and oxygen atoms in total. The van der Waals surface area contributed by atoms with Gasteiger partial charge < -0.3 is 10.2 Å². The first-order valence-corrected chi connectivity index (χ1v) is 13.1. The number of aliphatic hydroxyl groups is 1. The molecule has 0 spiro atoms. The van der Waals surface area contributed by atoms with E-state index in [-0.39, 0.29) is 36.0 Å². The van der Waals surface area contributed by atoms with Crippen molar-refractivity contribution in [2.75, 3.05) is 0 Å². The van der Waals surface area contributed by atoms with Gasteiger partial charge in [0.25, 0.3) is 0 Å². The van der Waals surface area contributed by atoms with Gasteiger partial charge in [-0.3, -0.25) is 0 Å². The number of alkyl halides is 13. The van der Waals surface area contributed by atoms with Crippen LogP contribution in [0, 0.1) is 17.3 Å². The van der Waals surface area contributed by atoms with Crippen LogP contribution in [0.25, 0.3) is 0 Å². The molecule has 0 saturated heterocycles. The van der Waals surface area contributed by atoms with Crippen molar-refractivity contribution in [1.82, 2.24) is 0 Å². The van der Waals surface area contributed by atoms with E-state index in [4.69, 9.17) is 0 Å². The summed E-state index contributed by atoms with van der Waals surface area (Å²) in [5.41, 5.74) is -0.793. The van der Waals surface area contributed by atoms with E-state index >= 15 is 0 Å². The molecule has 0 heterocycles. The first-order valence-electron chi connectivity index (χ1n) is 13.1. The molecule has 4 rings (SSSR count). The van der Waals surface area contributed by atoms with Crippen molar-refractivity contribution in [2.45, 2.75) is 99.2 Å². The first-order chi connectivity index (χ1) is 18.9. The van der Waals surface area contributed by atoms with Gasteiger partial charge in [0.1, 0.15) is 5.75 Å². The molecule has 3 aliphatic rings. The van der Waals surface area contributed by atoms with Crippen LogP contribution in [0.1, 0.15) is 62.5 Å². The van der Waals surface area contributed by atoms with Crippen LogP contribution in [-0.2, 0) is 6.42 Å². The van der Waals surface area contributed by atoms with Crippen LogP contribution in [-0.4, -0.2) is 51.6 Å². The molecule has 0 radical (unpaired) electrons. The monoisotopic (exact) mass is 630 g/mol. The maximum atomic E-state index is 14.3. The Morgan fingerprint density at radius 1 is 0.810 bits per heavy atom. The van der Waals surface area contributed by atoms with Gasteiger partial charge in [-0.25, -0.2) is 0 Å². The lowest BCUT2D eigenvalue weighted by molar-refractivity contribution is -0.436. The maximum Gasteiger partial charge on any atom is 0.460 e. The number of aromatic hydroxyl groups is 1. The fourth-order valence-electron chi connectivity index (χ4n) is 7.30. The van der Waals surface area contributed by atoms with Crippen LogP contribution in [0.2, 0.25) is 0 Å². The predicted octanol–water partition coefficient (Wildman–Crippen LogP) is 8.66. The van der Waals surface area contributed by atoms with Gasteiger partial charge in [-0.2, -0.15) is 57.1 Å². The lowest BCUT2D eigenvalue weighted by atomic mass is 9.53. The Kier molecular flexibility index (Phi) is 7.52. The highest BCUT2D eigenvalue weighted by atomic mass is 19.4. The van der Waals surface area contributed by atoms with Crippen molar-refractivity contribution < 1.29 is 67.3 Å². The number of phenolic OH excluding ortho intramolecular Hbond substituents is 1. The summed E-state index contributed by atoms with van der Waals surface area (Å²) in [4.78, 5) is 0. The smallest absolute Gasteiger partial charge is 0.460 e. The quantitative estimate of drug-likeness (QED) is 0.234. The van der Waals surface area contributed by atoms with Crippen molar-refractivity contribution in [1.29, 1.82) is 0 Å². The molecule has 1 aromatic rings. The molecular weight excluding hydrogens is 603 g/mol. The van der Waals surface area contributed by atoms with E-state index in [9.17, 15) is 67.3 Å². The summed E-state index contributed by atoms with van der Waals surface area (Å²) >= 11 is 0. The van der Waals surface area contributed by atoms with Gasteiger partial charge in [0.15, 0.2) is 0 Å². The van der Waals surface area contributed by atoms with Gasteiger partial charge in [-0.15, -0.1) is 0 Å². The number of hydrogen-bond acceptors (Lipinski definition) is 2. The largest absolute Gasteiger partial charge is 0.508 e. The molecule has 2 saturated carbocycles. The standard InChI is InChI=1S/C27H27F13O2/c1-20-11-7-17-16-6-4-15(41)13-14(16)3-5-18(17)19(20)8-12-21(20,42)9-2-10-22(28,29)23(30,31)24(32,33)25(34,35)26(36,37)27(38,39)40/h2,4,6,10,13,17-19,41-42H,3,5,7-9,11-12H2,1H3/b10-2+/t17-,18-,19+,20+,21+/m1/s1. The van der Waals surface area contributed by atoms with Crippen LogP contribution >= 0.6 is 0 Å². The van der Waals surface area contributed by atoms with Crippen LogP contribution in [0.5, 0.6) is 5.75 Å². The highest BCUT2D eigenvalue weighted by Gasteiger charge is 2.90. The van der Waals surface area contributed by atoms with Crippen LogP contribution in [0.15, 0.2) is 30.4 Å². The Bertz CT molecular complexity index is 1220. The molecule has 2 fully saturated rings. The highest BCUT2D eigenvalue weighted by Crippen LogP contribution is 2.65. The van der Waals surface area contributed by atoms with Crippen LogP contribution in [0.3, 0.4) is 0 Å². The summed E-state index contributed by atoms with van der Waals surface area (Å²) in [5.74, 6) is -37.2. The molecular formula is C27H27F13O2. The molecule has 0 unspecified atom stereocenters. The van der Waals surface area contributed by atoms with E-state index in [1.54, 1.807) is 25.1 Å². The third-order valence-electron chi connectivity index (χ3n) is 9.77. The number of rotatable bonds is 7. The number of phenols is 1. The van der Waals surface area contributed by atoms with Gasteiger partial charge in [0, 0.05) is 0 Å². The fraction of sp³-hybridized carbons (Fsp3) is 0.704. The van der Waals surface area contributed by atoms with Gasteiger partial charge >= 0.3 is 35.8 Å². The van der Waals surface area contributed by atoms with E-state index in [0.717, 1.165) is 11.1 Å². The topological polar surface area (TPSA) is 40.5 Å². The zero-order valence-electron chi connectivity index (χ0n) is 21.9. The molecule has 0 aliphatic heterocycles. The molecule has 0 aromatic heterocycles. The second-order valence-electron chi connectivity index (χ2n) is 11.8. The third-order valence-corrected chi connectivity index (χ3v) is 9.77. The molecule has 0 bridgehead atoms. The predicted molar refractivity (Wildman–Crippen MR) is 122 cm³/mol. The Balaban J connectivity index is 1.55. The second kappa shape index (κ2) is 9.65. The highest BCUT2D eigenvalue weighted by molar-refractivity contribution is 5.40. The average Bonchev–Trinajstić information content (AvgIpc) is 3.12. The maximum absolute atomic E-state index is 14.3. The van der Waals surface area contributed by atoms with E-state index in [0.29, 0.717) is 32.1 Å². The van der Waals surface area contributed by atoms with Crippen LogP contribution < -0.4 is 0 Å². The van der Waals surface area contributed by atoms with Gasteiger partial charge in [0.05, 0.1) is 5.60 Å². The minimum atomic E-state index is -7.95. The molecule has 238 valence electrons. The summed E-state index contributed by atoms with van der Waals surface area (Å²) in [6.45, 7) is 1.67. The lowest BCUT2D eigenvalue weighted by Gasteiger charge is -2.53. The number of allylic oxidation sites excluding steroid dienone is 1. The number of fused-ring (bicyclic) bond motifs is 5. The average molecular weight is 630 g/mol. The molecule has 3 aliphatic carbocycles. The molecule has 42 heavy (non-hydrogen) atoms. The molecule has 0 amide bonds. The lowest BCUT2D eigenvalue weighted by Crippen LogP contribution is -2.69. The third kappa shape index (κ3) is 4.41. The Morgan fingerprint density at radius 3 is 2.00 bits per heavy atom. The van der Waals surface area contributed by atoms with Crippen molar-refractivity contribution in [3.63, 3.8) is 0 Å². The zero-order valence-corrected chi connectivity index (χ0v) is 21.9. The molecule has 2 N–H and O–H groups in total. The SMILES string of the molecule is C[C@]12CC[C@@H]3c4ccc(O)cc4CC[C@H]3[C@@H]1CC[C@@]2(O)C/C=C/C(F)(F)C(F)(F)C(F)(F)C(F)(F)C(F)(F)C(F)(F)F. The van der Waals surface area contributed by atoms with E-state index < -0.39 is 59.3 Å². The summed E-state index contributed by atoms with van der Waals surface area (Å²) < 4.78 is 174. The number of halogens is 13. The van der Waals surface area contributed by atoms with Crippen LogP contribution in [0.4, 0.5) is 57.1 Å². The van der Waals surface area contributed by atoms with Crippen molar-refractivity contribution >= 4 is 0 Å². The van der Waals surface area contributed by atoms with Crippen molar-refractivity contribution in [2.24, 2.45) is 17.3 Å². The molecule has 5 atom stereocenters. The summed E-state index contributed by atoms with van der Waals surface area (Å²) in [6, 6.07) is 5.01. The minimum absolute atomic E-state index is 0.0157. The first kappa shape index (κ1) is 32.7. The summed E-state index contributed by atoms with van der Waals surface area (Å²) in [5, 5.41) is 21.2. The minimum Gasteiger partial charge on any atom is -0.508 e. The number of hydrogen-bond donors (Lipinski definition) is 2. The summed E-state index contributed by atoms with van der Waals surface area (Å²) in [7, 11) is 0. The van der Waals surface area contributed by atoms with Crippen molar-refractivity contribution in [3.05, 3.63) is 41.5 Å². The van der Waals surface area contributed by atoms with Crippen molar-refractivity contribution in [3.8, 4) is 5.75 Å². The van der Waals surface area contributed by atoms with E-state index in [1.165, 1.54) is 0 Å². The fourth-order valence-corrected chi connectivity index (χ4v) is 7.30. The van der Waals surface area contributed by atoms with Gasteiger partial charge in [-0.1, -0.05) is 19.1 Å². The van der Waals surface area contributed by atoms with Gasteiger partial charge in [0.2, 0.25) is 0 Å². The number of aryl methyl sites for hydroxylation is 1. The Labute approximate surface area is 231 Å². The Hall–Kier alpha value is -2.19. The normalized spacial score (nSPS) is 31.2. The Morgan fingerprint density at radius 2 is 1.40 bits per heavy atom. The second-order valence-corrected chi connectivity index (χ2v) is 11.8.